The van der Waals surface area contributed by atoms with Gasteiger partial charge in [-0.3, -0.25) is 4.99 Å². The fourth-order valence-corrected chi connectivity index (χ4v) is 1.50. The molecule has 62 valence electrons. The Morgan fingerprint density at radius 2 is 2.18 bits per heavy atom. The Bertz CT molecular complexity index is 170. The van der Waals surface area contributed by atoms with Crippen molar-refractivity contribution in [2.45, 2.75) is 20.8 Å². The maximum Gasteiger partial charge on any atom is 0.109 e. The molecule has 1 aliphatic heterocycles. The fourth-order valence-electron chi connectivity index (χ4n) is 1.50. The van der Waals surface area contributed by atoms with Crippen LogP contribution in [-0.4, -0.2) is 19.1 Å². The molecule has 0 aromatic rings. The van der Waals surface area contributed by atoms with Crippen LogP contribution in [0.1, 0.15) is 20.8 Å². The molecule has 1 heterocycles. The van der Waals surface area contributed by atoms with Crippen molar-refractivity contribution in [2.24, 2.45) is 27.7 Å². The predicted molar refractivity (Wildman–Crippen MR) is 49.3 cm³/mol. The van der Waals surface area contributed by atoms with Gasteiger partial charge in [-0.1, -0.05) is 20.8 Å². The standard InChI is InChI=1S/C9H16N2/c1-7(2)9-5-11-6-10-4-8(9)3/h5-9H,4H2,1-3H3. The van der Waals surface area contributed by atoms with Crippen LogP contribution in [0, 0.1) is 17.8 Å². The summed E-state index contributed by atoms with van der Waals surface area (Å²) in [6, 6.07) is 0. The van der Waals surface area contributed by atoms with Crippen LogP contribution in [0.3, 0.4) is 0 Å². The smallest absolute Gasteiger partial charge is 0.109 e. The van der Waals surface area contributed by atoms with Crippen LogP contribution < -0.4 is 0 Å². The van der Waals surface area contributed by atoms with Crippen molar-refractivity contribution in [2.75, 3.05) is 6.54 Å². The normalized spacial score (nSPS) is 30.9. The summed E-state index contributed by atoms with van der Waals surface area (Å²) in [5.74, 6) is 1.91. The summed E-state index contributed by atoms with van der Waals surface area (Å²) in [6.45, 7) is 7.62. The molecular formula is C9H16N2. The van der Waals surface area contributed by atoms with E-state index in [9.17, 15) is 0 Å². The van der Waals surface area contributed by atoms with E-state index < -0.39 is 0 Å². The lowest BCUT2D eigenvalue weighted by molar-refractivity contribution is 0.373. The van der Waals surface area contributed by atoms with Gasteiger partial charge < -0.3 is 0 Å². The first kappa shape index (κ1) is 8.44. The number of hydrogen-bond acceptors (Lipinski definition) is 2. The molecular weight excluding hydrogens is 136 g/mol. The third-order valence-corrected chi connectivity index (χ3v) is 2.23. The molecule has 0 aromatic heterocycles. The molecule has 11 heavy (non-hydrogen) atoms. The van der Waals surface area contributed by atoms with Crippen molar-refractivity contribution in [1.82, 2.24) is 0 Å². The second-order valence-electron chi connectivity index (χ2n) is 3.58. The van der Waals surface area contributed by atoms with Gasteiger partial charge in [-0.2, -0.15) is 0 Å². The maximum atomic E-state index is 4.16. The Morgan fingerprint density at radius 3 is 2.82 bits per heavy atom. The number of rotatable bonds is 1. The van der Waals surface area contributed by atoms with E-state index in [2.05, 4.69) is 30.8 Å². The lowest BCUT2D eigenvalue weighted by Crippen LogP contribution is -2.20. The Labute approximate surface area is 68.4 Å². The Balaban J connectivity index is 2.64. The highest BCUT2D eigenvalue weighted by atomic mass is 14.9. The van der Waals surface area contributed by atoms with Gasteiger partial charge in [0.1, 0.15) is 6.34 Å². The highest BCUT2D eigenvalue weighted by Crippen LogP contribution is 2.20. The average molecular weight is 152 g/mol. The van der Waals surface area contributed by atoms with Crippen LogP contribution in [0.4, 0.5) is 0 Å². The summed E-state index contributed by atoms with van der Waals surface area (Å²) >= 11 is 0. The molecule has 0 aliphatic carbocycles. The van der Waals surface area contributed by atoms with Crippen molar-refractivity contribution in [3.05, 3.63) is 0 Å². The lowest BCUT2D eigenvalue weighted by atomic mass is 9.85. The maximum absolute atomic E-state index is 4.16. The number of hydrogen-bond donors (Lipinski definition) is 0. The van der Waals surface area contributed by atoms with Crippen molar-refractivity contribution in [3.63, 3.8) is 0 Å². The molecule has 0 amide bonds. The van der Waals surface area contributed by atoms with Gasteiger partial charge in [0.15, 0.2) is 0 Å². The highest BCUT2D eigenvalue weighted by molar-refractivity contribution is 5.75. The van der Waals surface area contributed by atoms with Crippen molar-refractivity contribution >= 4 is 12.6 Å². The molecule has 2 heteroatoms. The van der Waals surface area contributed by atoms with Crippen molar-refractivity contribution < 1.29 is 0 Å². The number of nitrogens with zero attached hydrogens (tertiary/aromatic N) is 2. The van der Waals surface area contributed by atoms with Crippen LogP contribution >= 0.6 is 0 Å². The van der Waals surface area contributed by atoms with Gasteiger partial charge in [0.2, 0.25) is 0 Å². The summed E-state index contributed by atoms with van der Waals surface area (Å²) < 4.78 is 0. The zero-order valence-corrected chi connectivity index (χ0v) is 7.49. The highest BCUT2D eigenvalue weighted by Gasteiger charge is 2.19. The molecule has 0 saturated carbocycles. The summed E-state index contributed by atoms with van der Waals surface area (Å²) in [6.07, 6.45) is 3.70. The summed E-state index contributed by atoms with van der Waals surface area (Å²) in [5, 5.41) is 0. The largest absolute Gasteiger partial charge is 0.273 e. The van der Waals surface area contributed by atoms with E-state index in [1.54, 1.807) is 6.34 Å². The minimum Gasteiger partial charge on any atom is -0.273 e. The van der Waals surface area contributed by atoms with E-state index in [1.165, 1.54) is 0 Å². The molecule has 0 saturated heterocycles. The van der Waals surface area contributed by atoms with Crippen molar-refractivity contribution in [1.29, 1.82) is 0 Å². The third-order valence-electron chi connectivity index (χ3n) is 2.23. The van der Waals surface area contributed by atoms with E-state index in [4.69, 9.17) is 0 Å². The first-order valence-corrected chi connectivity index (χ1v) is 4.23. The van der Waals surface area contributed by atoms with Gasteiger partial charge >= 0.3 is 0 Å². The van der Waals surface area contributed by atoms with Gasteiger partial charge in [-0.15, -0.1) is 0 Å². The van der Waals surface area contributed by atoms with E-state index in [-0.39, 0.29) is 0 Å². The predicted octanol–water partition coefficient (Wildman–Crippen LogP) is 2.01. The summed E-state index contributed by atoms with van der Waals surface area (Å²) in [4.78, 5) is 8.27. The van der Waals surface area contributed by atoms with Crippen LogP contribution in [0.25, 0.3) is 0 Å². The molecule has 1 aliphatic rings. The minimum absolute atomic E-state index is 0.595. The van der Waals surface area contributed by atoms with Crippen LogP contribution in [0.2, 0.25) is 0 Å². The topological polar surface area (TPSA) is 24.7 Å². The van der Waals surface area contributed by atoms with Gasteiger partial charge in [0.25, 0.3) is 0 Å². The molecule has 0 N–H and O–H groups in total. The van der Waals surface area contributed by atoms with E-state index in [0.29, 0.717) is 17.8 Å². The molecule has 0 aromatic carbocycles. The molecule has 0 spiro atoms. The summed E-state index contributed by atoms with van der Waals surface area (Å²) in [5.41, 5.74) is 0. The molecule has 0 radical (unpaired) electrons. The molecule has 0 bridgehead atoms. The Kier molecular flexibility index (Phi) is 2.80. The molecule has 2 atom stereocenters. The van der Waals surface area contributed by atoms with Gasteiger partial charge in [0, 0.05) is 18.7 Å². The Hall–Kier alpha value is -0.660. The van der Waals surface area contributed by atoms with E-state index in [1.807, 2.05) is 6.21 Å². The molecule has 2 unspecified atom stereocenters. The first-order chi connectivity index (χ1) is 5.22. The minimum atomic E-state index is 0.595. The zero-order chi connectivity index (χ0) is 8.27. The molecule has 1 rings (SSSR count). The van der Waals surface area contributed by atoms with Gasteiger partial charge in [-0.05, 0) is 11.8 Å². The zero-order valence-electron chi connectivity index (χ0n) is 7.49. The molecule has 0 fully saturated rings. The van der Waals surface area contributed by atoms with E-state index in [0.717, 1.165) is 6.54 Å². The monoisotopic (exact) mass is 152 g/mol. The van der Waals surface area contributed by atoms with Crippen LogP contribution in [-0.2, 0) is 0 Å². The Morgan fingerprint density at radius 1 is 1.45 bits per heavy atom. The lowest BCUT2D eigenvalue weighted by Gasteiger charge is -2.20. The molecule has 2 nitrogen and oxygen atoms in total. The average Bonchev–Trinajstić information content (AvgIpc) is 2.13. The van der Waals surface area contributed by atoms with Crippen molar-refractivity contribution in [3.8, 4) is 0 Å². The first-order valence-electron chi connectivity index (χ1n) is 4.23. The van der Waals surface area contributed by atoms with Gasteiger partial charge in [-0.25, -0.2) is 4.99 Å². The number of aliphatic imine (C=N–C) groups is 2. The fraction of sp³-hybridized carbons (Fsp3) is 0.778. The second kappa shape index (κ2) is 3.65. The third kappa shape index (κ3) is 2.14. The SMILES string of the molecule is CC(C)C1C=NC=NCC1C. The van der Waals surface area contributed by atoms with Crippen LogP contribution in [0.15, 0.2) is 9.98 Å². The van der Waals surface area contributed by atoms with Crippen LogP contribution in [0.5, 0.6) is 0 Å². The van der Waals surface area contributed by atoms with Gasteiger partial charge in [0.05, 0.1) is 0 Å². The quantitative estimate of drug-likeness (QED) is 0.549. The summed E-state index contributed by atoms with van der Waals surface area (Å²) in [7, 11) is 0. The van der Waals surface area contributed by atoms with E-state index >= 15 is 0 Å². The second-order valence-corrected chi connectivity index (χ2v) is 3.58.